The van der Waals surface area contributed by atoms with Crippen molar-refractivity contribution in [3.05, 3.63) is 0 Å². The van der Waals surface area contributed by atoms with Crippen LogP contribution in [0.25, 0.3) is 0 Å². The average Bonchev–Trinajstić information content (AvgIpc) is 2.37. The van der Waals surface area contributed by atoms with Crippen LogP contribution in [-0.4, -0.2) is 50.3 Å². The van der Waals surface area contributed by atoms with Crippen molar-refractivity contribution in [2.45, 2.75) is 38.6 Å². The standard InChI is InChI=1S/C14H26N2O/c1-12(13-3-2-6-15-9-13)16-10-14(11-16)4-7-17-8-5-14/h12-13,15H,2-11H2,1H3. The molecular weight excluding hydrogens is 212 g/mol. The van der Waals surface area contributed by atoms with Crippen molar-refractivity contribution in [2.24, 2.45) is 11.3 Å². The highest BCUT2D eigenvalue weighted by Gasteiger charge is 2.46. The molecule has 0 bridgehead atoms. The maximum Gasteiger partial charge on any atom is 0.0472 e. The van der Waals surface area contributed by atoms with Gasteiger partial charge in [0.2, 0.25) is 0 Å². The zero-order valence-electron chi connectivity index (χ0n) is 11.1. The van der Waals surface area contributed by atoms with Crippen LogP contribution in [0.5, 0.6) is 0 Å². The molecule has 0 aromatic rings. The van der Waals surface area contributed by atoms with Crippen molar-refractivity contribution >= 4 is 0 Å². The lowest BCUT2D eigenvalue weighted by Gasteiger charge is -2.56. The molecule has 3 saturated heterocycles. The van der Waals surface area contributed by atoms with Crippen LogP contribution in [0.2, 0.25) is 0 Å². The maximum absolute atomic E-state index is 5.48. The van der Waals surface area contributed by atoms with Gasteiger partial charge < -0.3 is 10.1 Å². The van der Waals surface area contributed by atoms with Gasteiger partial charge in [0.1, 0.15) is 0 Å². The van der Waals surface area contributed by atoms with Crippen molar-refractivity contribution in [3.8, 4) is 0 Å². The summed E-state index contributed by atoms with van der Waals surface area (Å²) in [4.78, 5) is 2.71. The molecule has 3 nitrogen and oxygen atoms in total. The summed E-state index contributed by atoms with van der Waals surface area (Å²) in [5, 5.41) is 3.54. The molecule has 3 heteroatoms. The summed E-state index contributed by atoms with van der Waals surface area (Å²) >= 11 is 0. The van der Waals surface area contributed by atoms with Crippen LogP contribution in [0.4, 0.5) is 0 Å². The molecule has 0 radical (unpaired) electrons. The van der Waals surface area contributed by atoms with Gasteiger partial charge in [-0.25, -0.2) is 0 Å². The Kier molecular flexibility index (Phi) is 3.42. The molecule has 0 amide bonds. The van der Waals surface area contributed by atoms with E-state index in [2.05, 4.69) is 17.1 Å². The van der Waals surface area contributed by atoms with Gasteiger partial charge in [-0.3, -0.25) is 4.90 Å². The SMILES string of the molecule is CC(C1CCCNC1)N1CC2(CCOCC2)C1. The van der Waals surface area contributed by atoms with Gasteiger partial charge >= 0.3 is 0 Å². The minimum atomic E-state index is 0.634. The molecule has 2 unspecified atom stereocenters. The van der Waals surface area contributed by atoms with E-state index < -0.39 is 0 Å². The fourth-order valence-electron chi connectivity index (χ4n) is 3.81. The fraction of sp³-hybridized carbons (Fsp3) is 1.00. The third-order valence-corrected chi connectivity index (χ3v) is 5.22. The minimum absolute atomic E-state index is 0.634. The van der Waals surface area contributed by atoms with E-state index in [9.17, 15) is 0 Å². The van der Waals surface area contributed by atoms with Crippen LogP contribution in [-0.2, 0) is 4.74 Å². The summed E-state index contributed by atoms with van der Waals surface area (Å²) in [5.41, 5.74) is 0.634. The van der Waals surface area contributed by atoms with Crippen molar-refractivity contribution in [1.29, 1.82) is 0 Å². The van der Waals surface area contributed by atoms with Crippen LogP contribution in [0.15, 0.2) is 0 Å². The third-order valence-electron chi connectivity index (χ3n) is 5.22. The first-order valence-corrected chi connectivity index (χ1v) is 7.32. The molecule has 1 spiro atoms. The first-order chi connectivity index (χ1) is 8.29. The number of nitrogens with zero attached hydrogens (tertiary/aromatic N) is 1. The van der Waals surface area contributed by atoms with Crippen molar-refractivity contribution in [2.75, 3.05) is 39.4 Å². The molecule has 3 heterocycles. The second kappa shape index (κ2) is 4.87. The molecule has 0 aromatic heterocycles. The normalized spacial score (nSPS) is 35.5. The molecule has 2 atom stereocenters. The Balaban J connectivity index is 1.50. The van der Waals surface area contributed by atoms with Gasteiger partial charge in [0.05, 0.1) is 0 Å². The number of rotatable bonds is 2. The summed E-state index contributed by atoms with van der Waals surface area (Å²) in [5.74, 6) is 0.876. The van der Waals surface area contributed by atoms with Gasteiger partial charge in [0, 0.05) is 37.8 Å². The van der Waals surface area contributed by atoms with E-state index in [4.69, 9.17) is 4.74 Å². The van der Waals surface area contributed by atoms with Crippen molar-refractivity contribution in [3.63, 3.8) is 0 Å². The number of ether oxygens (including phenoxy) is 1. The fourth-order valence-corrected chi connectivity index (χ4v) is 3.81. The van der Waals surface area contributed by atoms with Crippen LogP contribution >= 0.6 is 0 Å². The average molecular weight is 238 g/mol. The summed E-state index contributed by atoms with van der Waals surface area (Å²) in [6, 6.07) is 0.774. The van der Waals surface area contributed by atoms with Crippen LogP contribution in [0.1, 0.15) is 32.6 Å². The summed E-state index contributed by atoms with van der Waals surface area (Å²) in [6.45, 7) is 9.53. The second-order valence-electron chi connectivity index (χ2n) is 6.36. The first-order valence-electron chi connectivity index (χ1n) is 7.32. The highest BCUT2D eigenvalue weighted by molar-refractivity contribution is 4.99. The molecule has 0 aromatic carbocycles. The number of hydrogen-bond donors (Lipinski definition) is 1. The van der Waals surface area contributed by atoms with Gasteiger partial charge in [-0.2, -0.15) is 0 Å². The predicted octanol–water partition coefficient (Wildman–Crippen LogP) is 1.49. The molecule has 0 aliphatic carbocycles. The Morgan fingerprint density at radius 1 is 1.29 bits per heavy atom. The quantitative estimate of drug-likeness (QED) is 0.789. The molecule has 3 aliphatic rings. The lowest BCUT2D eigenvalue weighted by molar-refractivity contribution is -0.104. The number of likely N-dealkylation sites (tertiary alicyclic amines) is 1. The van der Waals surface area contributed by atoms with Gasteiger partial charge in [-0.05, 0) is 51.6 Å². The topological polar surface area (TPSA) is 24.5 Å². The van der Waals surface area contributed by atoms with E-state index in [-0.39, 0.29) is 0 Å². The monoisotopic (exact) mass is 238 g/mol. The second-order valence-corrected chi connectivity index (χ2v) is 6.36. The highest BCUT2D eigenvalue weighted by Crippen LogP contribution is 2.41. The van der Waals surface area contributed by atoms with Gasteiger partial charge in [-0.1, -0.05) is 0 Å². The maximum atomic E-state index is 5.48. The highest BCUT2D eigenvalue weighted by atomic mass is 16.5. The summed E-state index contributed by atoms with van der Waals surface area (Å²) in [7, 11) is 0. The Hall–Kier alpha value is -0.120. The minimum Gasteiger partial charge on any atom is -0.381 e. The molecule has 17 heavy (non-hydrogen) atoms. The summed E-state index contributed by atoms with van der Waals surface area (Å²) in [6.07, 6.45) is 5.36. The number of nitrogens with one attached hydrogen (secondary N) is 1. The Labute approximate surface area is 105 Å². The van der Waals surface area contributed by atoms with E-state index >= 15 is 0 Å². The van der Waals surface area contributed by atoms with E-state index in [1.807, 2.05) is 0 Å². The lowest BCUT2D eigenvalue weighted by Crippen LogP contribution is -2.63. The van der Waals surface area contributed by atoms with Crippen molar-refractivity contribution < 1.29 is 4.74 Å². The molecule has 3 rings (SSSR count). The third kappa shape index (κ3) is 2.38. The molecular formula is C14H26N2O. The lowest BCUT2D eigenvalue weighted by atomic mass is 9.72. The Morgan fingerprint density at radius 3 is 2.71 bits per heavy atom. The van der Waals surface area contributed by atoms with Gasteiger partial charge in [-0.15, -0.1) is 0 Å². The van der Waals surface area contributed by atoms with Crippen LogP contribution < -0.4 is 5.32 Å². The Bertz CT molecular complexity index is 249. The van der Waals surface area contributed by atoms with E-state index in [0.717, 1.165) is 25.2 Å². The zero-order valence-corrected chi connectivity index (χ0v) is 11.1. The molecule has 1 N–H and O–H groups in total. The van der Waals surface area contributed by atoms with Gasteiger partial charge in [0.25, 0.3) is 0 Å². The predicted molar refractivity (Wildman–Crippen MR) is 69.1 cm³/mol. The van der Waals surface area contributed by atoms with Crippen LogP contribution in [0, 0.1) is 11.3 Å². The molecule has 3 fully saturated rings. The zero-order chi connectivity index (χ0) is 11.7. The van der Waals surface area contributed by atoms with Gasteiger partial charge in [0.15, 0.2) is 0 Å². The molecule has 3 aliphatic heterocycles. The molecule has 0 saturated carbocycles. The van der Waals surface area contributed by atoms with E-state index in [1.165, 1.54) is 51.9 Å². The molecule has 98 valence electrons. The van der Waals surface area contributed by atoms with Crippen molar-refractivity contribution in [1.82, 2.24) is 10.2 Å². The number of hydrogen-bond acceptors (Lipinski definition) is 3. The van der Waals surface area contributed by atoms with E-state index in [1.54, 1.807) is 0 Å². The number of piperidine rings is 1. The summed E-state index contributed by atoms with van der Waals surface area (Å²) < 4.78 is 5.48. The van der Waals surface area contributed by atoms with E-state index in [0.29, 0.717) is 5.41 Å². The first kappa shape index (κ1) is 11.9. The smallest absolute Gasteiger partial charge is 0.0472 e. The largest absolute Gasteiger partial charge is 0.381 e. The Morgan fingerprint density at radius 2 is 2.06 bits per heavy atom. The van der Waals surface area contributed by atoms with Crippen LogP contribution in [0.3, 0.4) is 0 Å².